The van der Waals surface area contributed by atoms with Crippen molar-refractivity contribution in [1.29, 1.82) is 0 Å². The lowest BCUT2D eigenvalue weighted by Gasteiger charge is -2.51. The first-order valence-electron chi connectivity index (χ1n) is 11.4. The molecule has 4 aliphatic heterocycles. The molecule has 0 radical (unpaired) electrons. The van der Waals surface area contributed by atoms with Crippen LogP contribution in [0, 0.1) is 11.8 Å². The Morgan fingerprint density at radius 1 is 1.10 bits per heavy atom. The standard InChI is InChI=1S/C23H37N5O/c1-18(2)25-23(29)24-15-22-14-19-8-9-28(22)17-20(19)16-26-10-12-27(13-11-26)21-6-4-3-5-7-21/h3-7,18-20,22H,8-17H2,1-2H3,(H2,24,25,29)/t19-,20-,22+/m0/s1. The number of carbonyl (C=O) groups excluding carboxylic acids is 1. The molecule has 1 aromatic rings. The molecular formula is C23H37N5O. The highest BCUT2D eigenvalue weighted by atomic mass is 16.2. The number of rotatable bonds is 6. The van der Waals surface area contributed by atoms with Gasteiger partial charge in [0.1, 0.15) is 0 Å². The topological polar surface area (TPSA) is 50.9 Å². The molecule has 0 aromatic heterocycles. The number of nitrogens with one attached hydrogen (secondary N) is 2. The van der Waals surface area contributed by atoms with Crippen molar-refractivity contribution in [3.05, 3.63) is 30.3 Å². The maximum Gasteiger partial charge on any atom is 0.315 e. The van der Waals surface area contributed by atoms with Crippen LogP contribution in [0.1, 0.15) is 26.7 Å². The van der Waals surface area contributed by atoms with E-state index in [1.165, 1.54) is 51.3 Å². The van der Waals surface area contributed by atoms with Gasteiger partial charge in [-0.15, -0.1) is 0 Å². The Hall–Kier alpha value is -1.79. The Kier molecular flexibility index (Phi) is 6.60. The van der Waals surface area contributed by atoms with Crippen molar-refractivity contribution in [2.24, 2.45) is 11.8 Å². The number of para-hydroxylation sites is 1. The molecule has 4 fully saturated rings. The van der Waals surface area contributed by atoms with Crippen LogP contribution in [0.15, 0.2) is 30.3 Å². The minimum atomic E-state index is -0.0320. The lowest BCUT2D eigenvalue weighted by Crippen LogP contribution is -2.59. The highest BCUT2D eigenvalue weighted by Gasteiger charge is 2.40. The van der Waals surface area contributed by atoms with E-state index in [0.29, 0.717) is 6.04 Å². The van der Waals surface area contributed by atoms with Gasteiger partial charge in [-0.2, -0.15) is 0 Å². The van der Waals surface area contributed by atoms with Crippen molar-refractivity contribution in [2.75, 3.05) is 57.3 Å². The fourth-order valence-corrected chi connectivity index (χ4v) is 5.35. The van der Waals surface area contributed by atoms with Crippen LogP contribution in [-0.2, 0) is 0 Å². The molecule has 4 aliphatic rings. The quantitative estimate of drug-likeness (QED) is 0.770. The SMILES string of the molecule is CC(C)NC(=O)NC[C@H]1C[C@@H]2CCN1C[C@@H]2CN1CCN(c2ccccc2)CC1. The second-order valence-electron chi connectivity index (χ2n) is 9.33. The number of anilines is 1. The lowest BCUT2D eigenvalue weighted by molar-refractivity contribution is -0.0115. The molecule has 1 unspecified atom stereocenters. The molecular weight excluding hydrogens is 362 g/mol. The van der Waals surface area contributed by atoms with E-state index in [2.05, 4.69) is 55.7 Å². The fourth-order valence-electron chi connectivity index (χ4n) is 5.35. The fraction of sp³-hybridized carbons (Fsp3) is 0.696. The molecule has 2 bridgehead atoms. The molecule has 4 saturated heterocycles. The molecule has 6 heteroatoms. The first-order chi connectivity index (χ1) is 14.1. The number of urea groups is 1. The second-order valence-corrected chi connectivity index (χ2v) is 9.33. The van der Waals surface area contributed by atoms with Gasteiger partial charge in [-0.05, 0) is 57.2 Å². The van der Waals surface area contributed by atoms with E-state index in [1.807, 2.05) is 13.8 Å². The van der Waals surface area contributed by atoms with Crippen LogP contribution in [0.2, 0.25) is 0 Å². The first kappa shape index (κ1) is 20.5. The van der Waals surface area contributed by atoms with Gasteiger partial charge in [-0.3, -0.25) is 9.80 Å². The number of carbonyl (C=O) groups is 1. The van der Waals surface area contributed by atoms with Gasteiger partial charge in [0.25, 0.3) is 0 Å². The third-order valence-corrected chi connectivity index (χ3v) is 6.92. The Labute approximate surface area is 175 Å². The Bertz CT molecular complexity index is 658. The average Bonchev–Trinajstić information content (AvgIpc) is 2.74. The molecule has 4 heterocycles. The first-order valence-corrected chi connectivity index (χ1v) is 11.4. The van der Waals surface area contributed by atoms with Crippen molar-refractivity contribution >= 4 is 11.7 Å². The summed E-state index contributed by atoms with van der Waals surface area (Å²) in [5, 5.41) is 6.00. The minimum Gasteiger partial charge on any atom is -0.369 e. The van der Waals surface area contributed by atoms with Gasteiger partial charge in [0.2, 0.25) is 0 Å². The van der Waals surface area contributed by atoms with Gasteiger partial charge < -0.3 is 15.5 Å². The number of benzene rings is 1. The summed E-state index contributed by atoms with van der Waals surface area (Å²) in [7, 11) is 0. The van der Waals surface area contributed by atoms with E-state index in [-0.39, 0.29) is 12.1 Å². The molecule has 1 aromatic carbocycles. The Morgan fingerprint density at radius 3 is 2.52 bits per heavy atom. The zero-order valence-corrected chi connectivity index (χ0v) is 18.0. The molecule has 6 nitrogen and oxygen atoms in total. The number of nitrogens with zero attached hydrogens (tertiary/aromatic N) is 3. The molecule has 2 N–H and O–H groups in total. The summed E-state index contributed by atoms with van der Waals surface area (Å²) in [5.74, 6) is 1.60. The van der Waals surface area contributed by atoms with Gasteiger partial charge in [0.15, 0.2) is 0 Å². The maximum atomic E-state index is 11.9. The minimum absolute atomic E-state index is 0.0320. The predicted molar refractivity (Wildman–Crippen MR) is 118 cm³/mol. The third-order valence-electron chi connectivity index (χ3n) is 6.92. The van der Waals surface area contributed by atoms with Crippen molar-refractivity contribution in [3.8, 4) is 0 Å². The predicted octanol–water partition coefficient (Wildman–Crippen LogP) is 2.23. The molecule has 0 spiro atoms. The van der Waals surface area contributed by atoms with E-state index < -0.39 is 0 Å². The van der Waals surface area contributed by atoms with Crippen LogP contribution in [0.4, 0.5) is 10.5 Å². The van der Waals surface area contributed by atoms with Crippen LogP contribution in [0.5, 0.6) is 0 Å². The third kappa shape index (κ3) is 5.23. The van der Waals surface area contributed by atoms with Crippen molar-refractivity contribution in [1.82, 2.24) is 20.4 Å². The van der Waals surface area contributed by atoms with Crippen LogP contribution in [-0.4, -0.2) is 80.3 Å². The zero-order chi connectivity index (χ0) is 20.2. The number of piperidine rings is 3. The second kappa shape index (κ2) is 9.35. The number of fused-ring (bicyclic) bond motifs is 3. The highest BCUT2D eigenvalue weighted by molar-refractivity contribution is 5.74. The van der Waals surface area contributed by atoms with E-state index >= 15 is 0 Å². The normalized spacial score (nSPS) is 29.8. The molecule has 160 valence electrons. The molecule has 5 rings (SSSR count). The summed E-state index contributed by atoms with van der Waals surface area (Å²) in [5.41, 5.74) is 1.35. The van der Waals surface area contributed by atoms with Gasteiger partial charge in [0.05, 0.1) is 0 Å². The Balaban J connectivity index is 1.22. The van der Waals surface area contributed by atoms with E-state index in [1.54, 1.807) is 0 Å². The smallest absolute Gasteiger partial charge is 0.315 e. The maximum absolute atomic E-state index is 11.9. The number of hydrogen-bond donors (Lipinski definition) is 2. The molecule has 0 saturated carbocycles. The molecule has 4 atom stereocenters. The summed E-state index contributed by atoms with van der Waals surface area (Å²) in [6, 6.07) is 11.5. The van der Waals surface area contributed by atoms with Crippen molar-refractivity contribution in [2.45, 2.75) is 38.8 Å². The van der Waals surface area contributed by atoms with Crippen molar-refractivity contribution < 1.29 is 4.79 Å². The van der Waals surface area contributed by atoms with Crippen LogP contribution < -0.4 is 15.5 Å². The zero-order valence-electron chi connectivity index (χ0n) is 18.0. The largest absolute Gasteiger partial charge is 0.369 e. The molecule has 29 heavy (non-hydrogen) atoms. The summed E-state index contributed by atoms with van der Waals surface area (Å²) < 4.78 is 0. The van der Waals surface area contributed by atoms with Crippen LogP contribution in [0.3, 0.4) is 0 Å². The van der Waals surface area contributed by atoms with Gasteiger partial charge >= 0.3 is 6.03 Å². The summed E-state index contributed by atoms with van der Waals surface area (Å²) in [6.07, 6.45) is 2.56. The molecule has 0 aliphatic carbocycles. The van der Waals surface area contributed by atoms with Crippen LogP contribution in [0.25, 0.3) is 0 Å². The van der Waals surface area contributed by atoms with Gasteiger partial charge in [0, 0.05) is 63.6 Å². The lowest BCUT2D eigenvalue weighted by atomic mass is 9.75. The monoisotopic (exact) mass is 399 g/mol. The average molecular weight is 400 g/mol. The van der Waals surface area contributed by atoms with E-state index in [9.17, 15) is 4.79 Å². The summed E-state index contributed by atoms with van der Waals surface area (Å²) >= 11 is 0. The van der Waals surface area contributed by atoms with Crippen molar-refractivity contribution in [3.63, 3.8) is 0 Å². The van der Waals surface area contributed by atoms with E-state index in [4.69, 9.17) is 0 Å². The van der Waals surface area contributed by atoms with E-state index in [0.717, 1.165) is 31.5 Å². The van der Waals surface area contributed by atoms with Gasteiger partial charge in [-0.25, -0.2) is 4.79 Å². The van der Waals surface area contributed by atoms with Gasteiger partial charge in [-0.1, -0.05) is 18.2 Å². The number of hydrogen-bond acceptors (Lipinski definition) is 4. The molecule has 2 amide bonds. The number of amides is 2. The van der Waals surface area contributed by atoms with Crippen LogP contribution >= 0.6 is 0 Å². The Morgan fingerprint density at radius 2 is 1.86 bits per heavy atom. The highest BCUT2D eigenvalue weighted by Crippen LogP contribution is 2.36. The summed E-state index contributed by atoms with van der Waals surface area (Å²) in [4.78, 5) is 19.7. The summed E-state index contributed by atoms with van der Waals surface area (Å²) in [6.45, 7) is 13.0. The number of piperazine rings is 1.